The number of allylic oxidation sites excluding steroid dienone is 30. The molecule has 6 heteroatoms. The van der Waals surface area contributed by atoms with Crippen molar-refractivity contribution in [3.05, 3.63) is 182 Å². The Bertz CT molecular complexity index is 1750. The van der Waals surface area contributed by atoms with E-state index < -0.39 is 6.10 Å². The molecule has 398 valence electrons. The average Bonchev–Trinajstić information content (AvgIpc) is 3.38. The monoisotopic (exact) mass is 987 g/mol. The van der Waals surface area contributed by atoms with Crippen LogP contribution in [0.15, 0.2) is 182 Å². The summed E-state index contributed by atoms with van der Waals surface area (Å²) in [5, 5.41) is 0. The minimum atomic E-state index is -0.837. The van der Waals surface area contributed by atoms with Crippen LogP contribution in [0.5, 0.6) is 0 Å². The summed E-state index contributed by atoms with van der Waals surface area (Å²) in [4.78, 5) is 38.2. The van der Waals surface area contributed by atoms with Crippen molar-refractivity contribution in [2.24, 2.45) is 0 Å². The highest BCUT2D eigenvalue weighted by Crippen LogP contribution is 2.13. The highest BCUT2D eigenvalue weighted by Gasteiger charge is 2.19. The van der Waals surface area contributed by atoms with Crippen LogP contribution in [0.2, 0.25) is 0 Å². The molecule has 0 radical (unpaired) electrons. The number of esters is 3. The van der Waals surface area contributed by atoms with Gasteiger partial charge in [0, 0.05) is 19.3 Å². The molecule has 1 atom stereocenters. The van der Waals surface area contributed by atoms with E-state index in [1.165, 1.54) is 57.8 Å². The summed E-state index contributed by atoms with van der Waals surface area (Å²) in [7, 11) is 0. The summed E-state index contributed by atoms with van der Waals surface area (Å²) >= 11 is 0. The standard InChI is InChI=1S/C66H98O6/c1-4-7-10-13-16-19-22-25-28-31-33-35-38-41-44-47-50-53-56-59-65(68)71-62-63(61-70-64(67)58-55-52-49-46-43-40-37-30-27-24-21-18-15-12-9-6-3)72-66(69)60-57-54-51-48-45-42-39-36-34-32-29-26-23-20-17-14-11-8-5-2/h7-8,10-11,13-14,16-17,19-20,22-23,25-26,28-39,41-42,44-45,63H,4-6,9,12,15,18,21,24,27,40,43,46-62H2,1-3H3/b10-7-,11-8-,16-13-,17-14-,22-19-,23-20-,28-25-,29-26-,33-31+,34-32+,37-30-,38-35-,39-36-,44-41-,45-42-. The van der Waals surface area contributed by atoms with Crippen molar-refractivity contribution in [3.8, 4) is 0 Å². The number of hydrogen-bond donors (Lipinski definition) is 0. The molecule has 0 spiro atoms. The smallest absolute Gasteiger partial charge is 0.306 e. The van der Waals surface area contributed by atoms with E-state index in [1.54, 1.807) is 0 Å². The van der Waals surface area contributed by atoms with Crippen molar-refractivity contribution in [1.82, 2.24) is 0 Å². The summed E-state index contributed by atoms with van der Waals surface area (Å²) < 4.78 is 16.8. The number of rotatable bonds is 47. The second-order valence-corrected chi connectivity index (χ2v) is 17.7. The molecule has 0 saturated carbocycles. The fourth-order valence-electron chi connectivity index (χ4n) is 6.87. The number of carbonyl (C=O) groups is 3. The van der Waals surface area contributed by atoms with Gasteiger partial charge < -0.3 is 14.2 Å². The predicted molar refractivity (Wildman–Crippen MR) is 311 cm³/mol. The molecule has 0 heterocycles. The van der Waals surface area contributed by atoms with Crippen LogP contribution in [0.4, 0.5) is 0 Å². The van der Waals surface area contributed by atoms with E-state index >= 15 is 0 Å². The van der Waals surface area contributed by atoms with Crippen LogP contribution in [-0.2, 0) is 28.6 Å². The Labute approximate surface area is 440 Å². The zero-order chi connectivity index (χ0) is 52.2. The summed E-state index contributed by atoms with van der Waals surface area (Å²) in [6.07, 6.45) is 87.2. The molecule has 0 aliphatic rings. The molecule has 0 bridgehead atoms. The molecule has 72 heavy (non-hydrogen) atoms. The molecular weight excluding hydrogens is 889 g/mol. The lowest BCUT2D eigenvalue weighted by Crippen LogP contribution is -2.30. The van der Waals surface area contributed by atoms with Gasteiger partial charge in [0.2, 0.25) is 0 Å². The Morgan fingerprint density at radius 1 is 0.292 bits per heavy atom. The van der Waals surface area contributed by atoms with Crippen LogP contribution in [0, 0.1) is 0 Å². The molecule has 0 rings (SSSR count). The molecule has 0 amide bonds. The van der Waals surface area contributed by atoms with Gasteiger partial charge in [-0.1, -0.05) is 274 Å². The fraction of sp³-hybridized carbons (Fsp3) is 0.500. The maximum absolute atomic E-state index is 12.9. The number of carbonyl (C=O) groups excluding carboxylic acids is 3. The van der Waals surface area contributed by atoms with Gasteiger partial charge in [-0.15, -0.1) is 0 Å². The van der Waals surface area contributed by atoms with Gasteiger partial charge in [0.25, 0.3) is 0 Å². The fourth-order valence-corrected chi connectivity index (χ4v) is 6.87. The van der Waals surface area contributed by atoms with Gasteiger partial charge in [-0.2, -0.15) is 0 Å². The summed E-state index contributed by atoms with van der Waals surface area (Å²) in [5.74, 6) is -1.04. The maximum atomic E-state index is 12.9. The molecular formula is C66H98O6. The number of unbranched alkanes of at least 4 members (excludes halogenated alkanes) is 18. The Kier molecular flexibility index (Phi) is 53.7. The van der Waals surface area contributed by atoms with Crippen molar-refractivity contribution in [3.63, 3.8) is 0 Å². The topological polar surface area (TPSA) is 78.9 Å². The quantitative estimate of drug-likeness (QED) is 0.0199. The summed E-state index contributed by atoms with van der Waals surface area (Å²) in [6.45, 7) is 6.23. The van der Waals surface area contributed by atoms with Crippen molar-refractivity contribution in [2.75, 3.05) is 13.2 Å². The van der Waals surface area contributed by atoms with E-state index in [2.05, 4.69) is 57.2 Å². The number of ether oxygens (including phenoxy) is 3. The lowest BCUT2D eigenvalue weighted by molar-refractivity contribution is -0.167. The van der Waals surface area contributed by atoms with Gasteiger partial charge in [-0.05, 0) is 83.5 Å². The van der Waals surface area contributed by atoms with Gasteiger partial charge in [0.05, 0.1) is 0 Å². The van der Waals surface area contributed by atoms with Crippen LogP contribution in [0.25, 0.3) is 0 Å². The molecule has 1 unspecified atom stereocenters. The third-order valence-electron chi connectivity index (χ3n) is 11.0. The highest BCUT2D eigenvalue weighted by molar-refractivity contribution is 5.71. The molecule has 0 aliphatic carbocycles. The van der Waals surface area contributed by atoms with Gasteiger partial charge in [0.1, 0.15) is 13.2 Å². The molecule has 0 aromatic carbocycles. The Morgan fingerprint density at radius 3 is 0.903 bits per heavy atom. The molecule has 0 aromatic rings. The molecule has 0 aliphatic heterocycles. The normalized spacial score (nSPS) is 13.5. The predicted octanol–water partition coefficient (Wildman–Crippen LogP) is 18.9. The van der Waals surface area contributed by atoms with Crippen molar-refractivity contribution in [2.45, 2.75) is 200 Å². The minimum Gasteiger partial charge on any atom is -0.462 e. The van der Waals surface area contributed by atoms with Gasteiger partial charge >= 0.3 is 17.9 Å². The van der Waals surface area contributed by atoms with Crippen molar-refractivity contribution < 1.29 is 28.6 Å². The first-order chi connectivity index (χ1) is 35.5. The SMILES string of the molecule is CC\C=C/C=C\C=C/C=C\C=C\C=C/C=C\CCCCCC(=O)OCC(COC(=O)CCCCCCC/C=C\CCCCCCCCC)OC(=O)CCCCC\C=C/C=C\C=C\C=C/C=C\C=C/C=C\CC. The zero-order valence-electron chi connectivity index (χ0n) is 45.4. The zero-order valence-corrected chi connectivity index (χ0v) is 45.4. The highest BCUT2D eigenvalue weighted by atomic mass is 16.6. The van der Waals surface area contributed by atoms with E-state index in [0.717, 1.165) is 83.5 Å². The lowest BCUT2D eigenvalue weighted by Gasteiger charge is -2.18. The second-order valence-electron chi connectivity index (χ2n) is 17.7. The van der Waals surface area contributed by atoms with Gasteiger partial charge in [-0.25, -0.2) is 0 Å². The van der Waals surface area contributed by atoms with Crippen molar-refractivity contribution in [1.29, 1.82) is 0 Å². The van der Waals surface area contributed by atoms with Crippen LogP contribution in [0.3, 0.4) is 0 Å². The second kappa shape index (κ2) is 58.1. The van der Waals surface area contributed by atoms with E-state index in [1.807, 2.05) is 146 Å². The molecule has 0 aromatic heterocycles. The Hall–Kier alpha value is -5.49. The van der Waals surface area contributed by atoms with E-state index in [-0.39, 0.29) is 44.0 Å². The number of hydrogen-bond acceptors (Lipinski definition) is 6. The third-order valence-corrected chi connectivity index (χ3v) is 11.0. The third kappa shape index (κ3) is 55.4. The van der Waals surface area contributed by atoms with Crippen LogP contribution in [0.1, 0.15) is 194 Å². The average molecular weight is 988 g/mol. The van der Waals surface area contributed by atoms with Gasteiger partial charge in [0.15, 0.2) is 6.10 Å². The molecule has 0 N–H and O–H groups in total. The Balaban J connectivity index is 4.66. The van der Waals surface area contributed by atoms with Crippen molar-refractivity contribution >= 4 is 17.9 Å². The van der Waals surface area contributed by atoms with Crippen LogP contribution in [-0.4, -0.2) is 37.2 Å². The first-order valence-corrected chi connectivity index (χ1v) is 28.0. The maximum Gasteiger partial charge on any atom is 0.306 e. The molecule has 0 saturated heterocycles. The molecule has 0 fully saturated rings. The molecule has 6 nitrogen and oxygen atoms in total. The summed E-state index contributed by atoms with van der Waals surface area (Å²) in [6, 6.07) is 0. The minimum absolute atomic E-state index is 0.126. The van der Waals surface area contributed by atoms with Crippen LogP contribution < -0.4 is 0 Å². The van der Waals surface area contributed by atoms with E-state index in [4.69, 9.17) is 14.2 Å². The van der Waals surface area contributed by atoms with E-state index in [9.17, 15) is 14.4 Å². The lowest BCUT2D eigenvalue weighted by atomic mass is 10.1. The Morgan fingerprint density at radius 2 is 0.556 bits per heavy atom. The largest absolute Gasteiger partial charge is 0.462 e. The first-order valence-electron chi connectivity index (χ1n) is 28.0. The summed E-state index contributed by atoms with van der Waals surface area (Å²) in [5.41, 5.74) is 0. The van der Waals surface area contributed by atoms with E-state index in [0.29, 0.717) is 19.3 Å². The van der Waals surface area contributed by atoms with Crippen LogP contribution >= 0.6 is 0 Å². The first kappa shape index (κ1) is 66.5. The van der Waals surface area contributed by atoms with Gasteiger partial charge in [-0.3, -0.25) is 14.4 Å².